The van der Waals surface area contributed by atoms with Crippen LogP contribution in [0.25, 0.3) is 10.8 Å². The van der Waals surface area contributed by atoms with E-state index in [1.807, 2.05) is 52.3 Å². The molecule has 1 aliphatic carbocycles. The highest BCUT2D eigenvalue weighted by molar-refractivity contribution is 5.90. The molecule has 10 N–H and O–H groups in total. The predicted molar refractivity (Wildman–Crippen MR) is 275 cm³/mol. The molecule has 2 heterocycles. The van der Waals surface area contributed by atoms with Gasteiger partial charge in [-0.3, -0.25) is 38.6 Å². The van der Waals surface area contributed by atoms with Crippen molar-refractivity contribution < 1.29 is 68.7 Å². The van der Waals surface area contributed by atoms with E-state index in [2.05, 4.69) is 36.4 Å². The van der Waals surface area contributed by atoms with Crippen LogP contribution in [-0.4, -0.2) is 208 Å². The summed E-state index contributed by atoms with van der Waals surface area (Å²) in [5.41, 5.74) is 0.825. The smallest absolute Gasteiger partial charge is 0.326 e. The number of nitrogens with one attached hydrogen (secondary N) is 5. The Morgan fingerprint density at radius 1 is 0.573 bits per heavy atom. The fourth-order valence-electron chi connectivity index (χ4n) is 10.2. The fraction of sp³-hybridized carbons (Fsp3) is 0.635. The number of fused-ring (bicyclic) bond motifs is 4. The first-order valence-electron chi connectivity index (χ1n) is 26.4. The second-order valence-corrected chi connectivity index (χ2v) is 20.1. The van der Waals surface area contributed by atoms with Crippen molar-refractivity contribution in [3.8, 4) is 0 Å². The van der Waals surface area contributed by atoms with Gasteiger partial charge in [0.2, 0.25) is 17.7 Å². The van der Waals surface area contributed by atoms with Crippen LogP contribution in [0.15, 0.2) is 42.5 Å². The zero-order chi connectivity index (χ0) is 54.3. The van der Waals surface area contributed by atoms with Gasteiger partial charge in [0.15, 0.2) is 0 Å². The number of unbranched alkanes of at least 4 members (excludes halogenated alkanes) is 1. The normalized spacial score (nSPS) is 21.5. The largest absolute Gasteiger partial charge is 0.481 e. The molecule has 0 radical (unpaired) electrons. The molecule has 0 aromatic heterocycles. The molecule has 5 rings (SSSR count). The van der Waals surface area contributed by atoms with Crippen LogP contribution in [-0.2, 0) is 44.8 Å². The van der Waals surface area contributed by atoms with E-state index in [1.54, 1.807) is 0 Å². The molecule has 2 bridgehead atoms. The van der Waals surface area contributed by atoms with Crippen LogP contribution in [0.4, 0.5) is 4.79 Å². The van der Waals surface area contributed by atoms with E-state index in [9.17, 15) is 63.6 Å². The van der Waals surface area contributed by atoms with Gasteiger partial charge in [-0.05, 0) is 106 Å². The molecule has 0 spiro atoms. The van der Waals surface area contributed by atoms with Crippen molar-refractivity contribution in [2.75, 3.05) is 85.1 Å². The predicted octanol–water partition coefficient (Wildman–Crippen LogP) is 1.48. The van der Waals surface area contributed by atoms with E-state index >= 15 is 0 Å². The highest BCUT2D eigenvalue weighted by atomic mass is 16.4. The quantitative estimate of drug-likeness (QED) is 0.0597. The van der Waals surface area contributed by atoms with Gasteiger partial charge in [-0.2, -0.15) is 0 Å². The molecule has 6 atom stereocenters. The van der Waals surface area contributed by atoms with Crippen molar-refractivity contribution in [1.29, 1.82) is 0 Å². The van der Waals surface area contributed by atoms with Crippen LogP contribution < -0.4 is 26.6 Å². The van der Waals surface area contributed by atoms with Crippen LogP contribution in [0.3, 0.4) is 0 Å². The van der Waals surface area contributed by atoms with Crippen LogP contribution in [0.1, 0.15) is 89.0 Å². The van der Waals surface area contributed by atoms with Gasteiger partial charge in [0.25, 0.3) is 0 Å². The summed E-state index contributed by atoms with van der Waals surface area (Å²) in [6, 6.07) is 7.80. The molecule has 2 aromatic carbocycles. The minimum Gasteiger partial charge on any atom is -0.481 e. The van der Waals surface area contributed by atoms with E-state index in [0.717, 1.165) is 61.9 Å². The highest BCUT2D eigenvalue weighted by Gasteiger charge is 2.32. The lowest BCUT2D eigenvalue weighted by atomic mass is 9.81. The number of aliphatic carboxylic acids is 5. The molecule has 2 saturated heterocycles. The number of hydrogen-bond donors (Lipinski definition) is 10. The molecule has 5 amide bonds. The van der Waals surface area contributed by atoms with E-state index < -0.39 is 78.8 Å². The van der Waals surface area contributed by atoms with E-state index in [0.29, 0.717) is 71.4 Å². The van der Waals surface area contributed by atoms with Gasteiger partial charge >= 0.3 is 35.9 Å². The van der Waals surface area contributed by atoms with Crippen molar-refractivity contribution in [1.82, 2.24) is 46.2 Å². The van der Waals surface area contributed by atoms with Crippen LogP contribution in [0, 0.1) is 11.8 Å². The molecule has 1 saturated carbocycles. The Hall–Kier alpha value is -6.43. The minimum absolute atomic E-state index is 0.0143. The SMILES string of the molecule is O=C(O)CCC(NC(=O)NC(CCCCNC(=O)[C@H](Cc1ccc2ccccc2c1)NC(=O)C1CCC(CNC(=O)CC[C@H](C(=O)O)N2CCCN3CCN(CCCN(CC(=O)O)CC3)CC2)CC1)C(=O)O)C(=O)O. The summed E-state index contributed by atoms with van der Waals surface area (Å²) >= 11 is 0. The Morgan fingerprint density at radius 2 is 1.21 bits per heavy atom. The van der Waals surface area contributed by atoms with Gasteiger partial charge in [-0.25, -0.2) is 14.4 Å². The molecular weight excluding hydrogens is 975 g/mol. The van der Waals surface area contributed by atoms with Gasteiger partial charge in [-0.1, -0.05) is 42.5 Å². The third kappa shape index (κ3) is 21.0. The number of carboxylic acid groups (broad SMARTS) is 5. The summed E-state index contributed by atoms with van der Waals surface area (Å²) in [4.78, 5) is 120. The second kappa shape index (κ2) is 30.8. The van der Waals surface area contributed by atoms with E-state index in [1.165, 1.54) is 0 Å². The second-order valence-electron chi connectivity index (χ2n) is 20.1. The Balaban J connectivity index is 1.07. The molecule has 2 aliphatic heterocycles. The van der Waals surface area contributed by atoms with Crippen molar-refractivity contribution in [2.24, 2.45) is 11.8 Å². The number of hydrogen-bond acceptors (Lipinski definition) is 13. The van der Waals surface area contributed by atoms with Crippen LogP contribution in [0.5, 0.6) is 0 Å². The van der Waals surface area contributed by atoms with Gasteiger partial charge in [0, 0.05) is 90.6 Å². The number of urea groups is 1. The third-order valence-electron chi connectivity index (χ3n) is 14.5. The van der Waals surface area contributed by atoms with Gasteiger partial charge in [0.05, 0.1) is 6.54 Å². The summed E-state index contributed by atoms with van der Waals surface area (Å²) in [6.07, 6.45) is 3.95. The molecule has 23 nitrogen and oxygen atoms in total. The summed E-state index contributed by atoms with van der Waals surface area (Å²) in [6.45, 7) is 7.67. The summed E-state index contributed by atoms with van der Waals surface area (Å²) in [7, 11) is 0. The molecule has 23 heteroatoms. The lowest BCUT2D eigenvalue weighted by molar-refractivity contribution is -0.144. The minimum atomic E-state index is -1.54. The number of carbonyl (C=O) groups excluding carboxylic acids is 4. The lowest BCUT2D eigenvalue weighted by Crippen LogP contribution is -2.51. The maximum Gasteiger partial charge on any atom is 0.326 e. The fourth-order valence-corrected chi connectivity index (χ4v) is 10.2. The number of carbonyl (C=O) groups is 9. The van der Waals surface area contributed by atoms with Crippen molar-refractivity contribution in [2.45, 2.75) is 114 Å². The molecule has 4 unspecified atom stereocenters. The number of rotatable bonds is 26. The Morgan fingerprint density at radius 3 is 1.87 bits per heavy atom. The third-order valence-corrected chi connectivity index (χ3v) is 14.5. The molecule has 75 heavy (non-hydrogen) atoms. The van der Waals surface area contributed by atoms with Gasteiger partial charge in [0.1, 0.15) is 24.2 Å². The highest BCUT2D eigenvalue weighted by Crippen LogP contribution is 2.29. The summed E-state index contributed by atoms with van der Waals surface area (Å²) in [5.74, 6) is -7.08. The first-order valence-corrected chi connectivity index (χ1v) is 26.4. The van der Waals surface area contributed by atoms with E-state index in [4.69, 9.17) is 5.11 Å². The van der Waals surface area contributed by atoms with Crippen LogP contribution in [0.2, 0.25) is 0 Å². The van der Waals surface area contributed by atoms with Gasteiger partial charge in [-0.15, -0.1) is 0 Å². The first-order chi connectivity index (χ1) is 35.9. The number of amides is 5. The number of carboxylic acids is 5. The maximum absolute atomic E-state index is 13.8. The average molecular weight is 1050 g/mol. The Labute approximate surface area is 437 Å². The molecular formula is C52H77N9O14. The first kappa shape index (κ1) is 59.4. The Bertz CT molecular complexity index is 2260. The number of nitrogens with zero attached hydrogens (tertiary/aromatic N) is 4. The van der Waals surface area contributed by atoms with Crippen molar-refractivity contribution in [3.05, 3.63) is 48.0 Å². The summed E-state index contributed by atoms with van der Waals surface area (Å²) in [5, 5.41) is 62.7. The molecule has 3 fully saturated rings. The molecule has 3 aliphatic rings. The molecule has 414 valence electrons. The zero-order valence-corrected chi connectivity index (χ0v) is 42.8. The van der Waals surface area contributed by atoms with Crippen molar-refractivity contribution >= 4 is 64.4 Å². The van der Waals surface area contributed by atoms with Crippen LogP contribution >= 0.6 is 0 Å². The number of benzene rings is 2. The lowest BCUT2D eigenvalue weighted by Gasteiger charge is -2.37. The topological polar surface area (TPSA) is 328 Å². The van der Waals surface area contributed by atoms with Crippen molar-refractivity contribution in [3.63, 3.8) is 0 Å². The monoisotopic (exact) mass is 1050 g/mol. The summed E-state index contributed by atoms with van der Waals surface area (Å²) < 4.78 is 0. The zero-order valence-electron chi connectivity index (χ0n) is 42.8. The van der Waals surface area contributed by atoms with E-state index in [-0.39, 0.29) is 68.8 Å². The van der Waals surface area contributed by atoms with Gasteiger partial charge < -0.3 is 61.9 Å². The average Bonchev–Trinajstić information content (AvgIpc) is 3.37. The Kier molecular flexibility index (Phi) is 24.4. The molecule has 2 aromatic rings. The maximum atomic E-state index is 13.8. The standard InChI is InChI=1S/C52H77N9O14/c62-44(18-17-43(51(73)74)61-24-6-22-58-25-26-59(29-30-61)21-5-23-60(28-27-58)34-46(65)66)54-33-35-10-14-38(15-11-35)47(67)55-42(32-36-12-13-37-7-1-2-8-39(37)31-36)48(68)53-20-4-3-9-40(49(69)70)56-52(75)57-41(50(71)72)16-19-45(63)64/h1-2,7-8,12-13,31,35,38,40-43H,3-6,9-11,14-30,32-34H2,(H,53,68)(H,54,62)(H,55,67)(H,63,64)(H,65,66)(H,69,70)(H,71,72)(H,73,74)(H2,56,57,75)/t35?,38?,40?,41?,42-,43+/m0/s1.